The lowest BCUT2D eigenvalue weighted by Gasteiger charge is -2.14. The number of carbonyl (C=O) groups excluding carboxylic acids is 1. The van der Waals surface area contributed by atoms with Crippen LogP contribution in [0, 0.1) is 11.6 Å². The Morgan fingerprint density at radius 1 is 1.44 bits per heavy atom. The number of nitrogens with two attached hydrogens (primary N) is 1. The molecule has 0 aromatic heterocycles. The molecule has 0 spiro atoms. The van der Waals surface area contributed by atoms with Crippen molar-refractivity contribution >= 4 is 5.91 Å². The zero-order valence-electron chi connectivity index (χ0n) is 10.1. The summed E-state index contributed by atoms with van der Waals surface area (Å²) < 4.78 is 31.4. The van der Waals surface area contributed by atoms with Crippen LogP contribution in [0.3, 0.4) is 0 Å². The number of primary amides is 1. The highest BCUT2D eigenvalue weighted by Crippen LogP contribution is 2.20. The van der Waals surface area contributed by atoms with Crippen molar-refractivity contribution in [3.63, 3.8) is 0 Å². The maximum atomic E-state index is 13.2. The molecule has 1 rings (SSSR count). The number of halogens is 2. The fraction of sp³-hybridized carbons (Fsp3) is 0.417. The van der Waals surface area contributed by atoms with Gasteiger partial charge in [-0.25, -0.2) is 8.78 Å². The SMILES string of the molecule is CCNC(CCOc1c(F)cccc1F)C(N)=O. The summed E-state index contributed by atoms with van der Waals surface area (Å²) in [5.41, 5.74) is 5.16. The van der Waals surface area contributed by atoms with E-state index in [1.807, 2.05) is 6.92 Å². The fourth-order valence-electron chi connectivity index (χ4n) is 1.49. The van der Waals surface area contributed by atoms with E-state index >= 15 is 0 Å². The third-order valence-electron chi connectivity index (χ3n) is 2.37. The van der Waals surface area contributed by atoms with Crippen molar-refractivity contribution in [2.45, 2.75) is 19.4 Å². The van der Waals surface area contributed by atoms with Crippen molar-refractivity contribution in [3.05, 3.63) is 29.8 Å². The van der Waals surface area contributed by atoms with Crippen molar-refractivity contribution in [1.82, 2.24) is 5.32 Å². The third kappa shape index (κ3) is 3.96. The van der Waals surface area contributed by atoms with E-state index in [4.69, 9.17) is 10.5 Å². The van der Waals surface area contributed by atoms with Crippen LogP contribution in [0.5, 0.6) is 5.75 Å². The van der Waals surface area contributed by atoms with Gasteiger partial charge < -0.3 is 15.8 Å². The minimum absolute atomic E-state index is 0.00153. The average molecular weight is 258 g/mol. The largest absolute Gasteiger partial charge is 0.488 e. The minimum atomic E-state index is -0.769. The summed E-state index contributed by atoms with van der Waals surface area (Å²) >= 11 is 0. The van der Waals surface area contributed by atoms with Gasteiger partial charge in [-0.1, -0.05) is 13.0 Å². The van der Waals surface area contributed by atoms with E-state index in [9.17, 15) is 13.6 Å². The fourth-order valence-corrected chi connectivity index (χ4v) is 1.49. The summed E-state index contributed by atoms with van der Waals surface area (Å²) in [5, 5.41) is 2.86. The van der Waals surface area contributed by atoms with Gasteiger partial charge in [0.2, 0.25) is 5.91 Å². The van der Waals surface area contributed by atoms with E-state index in [0.29, 0.717) is 6.54 Å². The lowest BCUT2D eigenvalue weighted by Crippen LogP contribution is -2.42. The Morgan fingerprint density at radius 3 is 2.56 bits per heavy atom. The summed E-state index contributed by atoms with van der Waals surface area (Å²) in [6.45, 7) is 2.40. The molecule has 1 unspecified atom stereocenters. The van der Waals surface area contributed by atoms with Gasteiger partial charge in [0.05, 0.1) is 12.6 Å². The lowest BCUT2D eigenvalue weighted by atomic mass is 10.2. The number of hydrogen-bond acceptors (Lipinski definition) is 3. The molecule has 1 aromatic carbocycles. The average Bonchev–Trinajstić information content (AvgIpc) is 2.31. The van der Waals surface area contributed by atoms with Crippen LogP contribution in [0.25, 0.3) is 0 Å². The van der Waals surface area contributed by atoms with Gasteiger partial charge in [0, 0.05) is 6.42 Å². The number of nitrogens with one attached hydrogen (secondary N) is 1. The Morgan fingerprint density at radius 2 is 2.06 bits per heavy atom. The Bertz CT molecular complexity index is 393. The molecule has 6 heteroatoms. The minimum Gasteiger partial charge on any atom is -0.488 e. The van der Waals surface area contributed by atoms with E-state index in [0.717, 1.165) is 12.1 Å². The normalized spacial score (nSPS) is 12.2. The van der Waals surface area contributed by atoms with Gasteiger partial charge in [0.1, 0.15) is 0 Å². The Kier molecular flexibility index (Phi) is 5.51. The molecule has 100 valence electrons. The molecular weight excluding hydrogens is 242 g/mol. The van der Waals surface area contributed by atoms with Crippen LogP contribution in [-0.2, 0) is 4.79 Å². The number of ether oxygens (including phenoxy) is 1. The molecule has 0 aliphatic rings. The van der Waals surface area contributed by atoms with Crippen LogP contribution >= 0.6 is 0 Å². The van der Waals surface area contributed by atoms with Crippen LogP contribution in [0.2, 0.25) is 0 Å². The molecule has 0 fully saturated rings. The van der Waals surface area contributed by atoms with Gasteiger partial charge in [-0.3, -0.25) is 4.79 Å². The van der Waals surface area contributed by atoms with Crippen LogP contribution in [-0.4, -0.2) is 25.1 Å². The van der Waals surface area contributed by atoms with Crippen molar-refractivity contribution in [1.29, 1.82) is 0 Å². The molecule has 1 aromatic rings. The second-order valence-corrected chi connectivity index (χ2v) is 3.70. The Labute approximate surface area is 104 Å². The molecule has 0 aliphatic carbocycles. The third-order valence-corrected chi connectivity index (χ3v) is 2.37. The Hall–Kier alpha value is -1.69. The van der Waals surface area contributed by atoms with E-state index in [2.05, 4.69) is 5.32 Å². The van der Waals surface area contributed by atoms with Crippen molar-refractivity contribution in [3.8, 4) is 5.75 Å². The summed E-state index contributed by atoms with van der Waals surface area (Å²) in [6.07, 6.45) is 0.247. The molecule has 0 saturated heterocycles. The smallest absolute Gasteiger partial charge is 0.234 e. The number of carbonyl (C=O) groups is 1. The first-order valence-electron chi connectivity index (χ1n) is 5.65. The van der Waals surface area contributed by atoms with Gasteiger partial charge >= 0.3 is 0 Å². The summed E-state index contributed by atoms with van der Waals surface area (Å²) in [7, 11) is 0. The molecule has 0 saturated carbocycles. The molecule has 0 radical (unpaired) electrons. The Balaban J connectivity index is 2.52. The predicted molar refractivity (Wildman–Crippen MR) is 63.1 cm³/mol. The highest BCUT2D eigenvalue weighted by molar-refractivity contribution is 5.79. The van der Waals surface area contributed by atoms with E-state index in [-0.39, 0.29) is 13.0 Å². The molecule has 18 heavy (non-hydrogen) atoms. The summed E-state index contributed by atoms with van der Waals surface area (Å²) in [5.74, 6) is -2.49. The number of rotatable bonds is 7. The van der Waals surface area contributed by atoms with Crippen LogP contribution in [0.15, 0.2) is 18.2 Å². The number of benzene rings is 1. The van der Waals surface area contributed by atoms with E-state index in [1.165, 1.54) is 6.07 Å². The zero-order valence-corrected chi connectivity index (χ0v) is 10.1. The zero-order chi connectivity index (χ0) is 13.5. The second kappa shape index (κ2) is 6.90. The summed E-state index contributed by atoms with van der Waals surface area (Å²) in [6, 6.07) is 2.90. The number of hydrogen-bond donors (Lipinski definition) is 2. The van der Waals surface area contributed by atoms with Gasteiger partial charge in [0.25, 0.3) is 0 Å². The number of para-hydroxylation sites is 1. The molecule has 0 heterocycles. The first kappa shape index (κ1) is 14.4. The monoisotopic (exact) mass is 258 g/mol. The maximum Gasteiger partial charge on any atom is 0.234 e. The predicted octanol–water partition coefficient (Wildman–Crippen LogP) is 1.20. The van der Waals surface area contributed by atoms with Crippen molar-refractivity contribution < 1.29 is 18.3 Å². The van der Waals surface area contributed by atoms with E-state index in [1.54, 1.807) is 0 Å². The second-order valence-electron chi connectivity index (χ2n) is 3.70. The number of likely N-dealkylation sites (N-methyl/N-ethyl adjacent to an activating group) is 1. The highest BCUT2D eigenvalue weighted by Gasteiger charge is 2.15. The molecule has 4 nitrogen and oxygen atoms in total. The topological polar surface area (TPSA) is 64.3 Å². The van der Waals surface area contributed by atoms with Crippen LogP contribution in [0.1, 0.15) is 13.3 Å². The molecule has 1 amide bonds. The quantitative estimate of drug-likeness (QED) is 0.772. The van der Waals surface area contributed by atoms with Gasteiger partial charge in [-0.2, -0.15) is 0 Å². The van der Waals surface area contributed by atoms with Crippen molar-refractivity contribution in [2.75, 3.05) is 13.2 Å². The first-order valence-corrected chi connectivity index (χ1v) is 5.65. The molecule has 3 N–H and O–H groups in total. The first-order chi connectivity index (χ1) is 8.56. The van der Waals surface area contributed by atoms with Gasteiger partial charge in [0.15, 0.2) is 17.4 Å². The van der Waals surface area contributed by atoms with Gasteiger partial charge in [-0.05, 0) is 18.7 Å². The van der Waals surface area contributed by atoms with Crippen molar-refractivity contribution in [2.24, 2.45) is 5.73 Å². The highest BCUT2D eigenvalue weighted by atomic mass is 19.1. The number of amides is 1. The van der Waals surface area contributed by atoms with Crippen LogP contribution < -0.4 is 15.8 Å². The lowest BCUT2D eigenvalue weighted by molar-refractivity contribution is -0.120. The summed E-state index contributed by atoms with van der Waals surface area (Å²) in [4.78, 5) is 11.0. The standard InChI is InChI=1S/C12H16F2N2O2/c1-2-16-10(12(15)17)6-7-18-11-8(13)4-3-5-9(11)14/h3-5,10,16H,2,6-7H2,1H3,(H2,15,17). The van der Waals surface area contributed by atoms with Gasteiger partial charge in [-0.15, -0.1) is 0 Å². The maximum absolute atomic E-state index is 13.2. The molecular formula is C12H16F2N2O2. The van der Waals surface area contributed by atoms with Crippen LogP contribution in [0.4, 0.5) is 8.78 Å². The molecule has 0 bridgehead atoms. The molecule has 1 atom stereocenters. The van der Waals surface area contributed by atoms with E-state index < -0.39 is 29.3 Å². The molecule has 0 aliphatic heterocycles.